The monoisotopic (exact) mass is 354 g/mol. The Hall–Kier alpha value is -2.92. The maximum Gasteiger partial charge on any atom is 0.305 e. The van der Waals surface area contributed by atoms with Gasteiger partial charge in [-0.1, -0.05) is 48.0 Å². The van der Waals surface area contributed by atoms with E-state index in [1.165, 1.54) is 0 Å². The zero-order valence-electron chi connectivity index (χ0n) is 13.2. The molecule has 0 aliphatic rings. The van der Waals surface area contributed by atoms with Crippen LogP contribution in [-0.4, -0.2) is 28.5 Å². The number of carbonyl (C=O) groups excluding carboxylic acids is 1. The van der Waals surface area contributed by atoms with Crippen molar-refractivity contribution in [2.75, 3.05) is 6.54 Å². The molecular formula is C19H15ClN2O3. The minimum atomic E-state index is -0.961. The van der Waals surface area contributed by atoms with Crippen molar-refractivity contribution in [3.05, 3.63) is 65.2 Å². The molecule has 0 saturated carbocycles. The Morgan fingerprint density at radius 2 is 1.80 bits per heavy atom. The predicted molar refractivity (Wildman–Crippen MR) is 96.8 cm³/mol. The summed E-state index contributed by atoms with van der Waals surface area (Å²) < 4.78 is 0. The summed E-state index contributed by atoms with van der Waals surface area (Å²) in [7, 11) is 0. The number of rotatable bonds is 5. The van der Waals surface area contributed by atoms with Crippen LogP contribution in [-0.2, 0) is 4.79 Å². The molecule has 0 spiro atoms. The Kier molecular flexibility index (Phi) is 4.95. The van der Waals surface area contributed by atoms with E-state index in [2.05, 4.69) is 10.3 Å². The van der Waals surface area contributed by atoms with Gasteiger partial charge in [0.05, 0.1) is 23.2 Å². The Morgan fingerprint density at radius 3 is 2.56 bits per heavy atom. The highest BCUT2D eigenvalue weighted by atomic mass is 35.5. The number of carbonyl (C=O) groups is 2. The molecule has 6 heteroatoms. The van der Waals surface area contributed by atoms with Crippen molar-refractivity contribution in [1.29, 1.82) is 0 Å². The lowest BCUT2D eigenvalue weighted by atomic mass is 10.0. The van der Waals surface area contributed by atoms with Gasteiger partial charge in [-0.2, -0.15) is 0 Å². The van der Waals surface area contributed by atoms with Crippen LogP contribution in [0.5, 0.6) is 0 Å². The van der Waals surface area contributed by atoms with Gasteiger partial charge in [0.2, 0.25) is 0 Å². The third-order valence-corrected chi connectivity index (χ3v) is 4.06. The molecule has 2 N–H and O–H groups in total. The summed E-state index contributed by atoms with van der Waals surface area (Å²) in [4.78, 5) is 27.8. The molecule has 3 aromatic rings. The van der Waals surface area contributed by atoms with Gasteiger partial charge in [-0.3, -0.25) is 9.59 Å². The van der Waals surface area contributed by atoms with Crippen molar-refractivity contribution in [3.8, 4) is 11.3 Å². The number of aliphatic carboxylic acids is 1. The Morgan fingerprint density at radius 1 is 1.08 bits per heavy atom. The molecule has 5 nitrogen and oxygen atoms in total. The topological polar surface area (TPSA) is 79.3 Å². The van der Waals surface area contributed by atoms with Crippen LogP contribution < -0.4 is 5.32 Å². The molecule has 3 rings (SSSR count). The zero-order valence-corrected chi connectivity index (χ0v) is 14.0. The number of amides is 1. The number of hydrogen-bond acceptors (Lipinski definition) is 3. The molecule has 1 amide bonds. The van der Waals surface area contributed by atoms with E-state index in [9.17, 15) is 9.59 Å². The first-order chi connectivity index (χ1) is 12.1. The quantitative estimate of drug-likeness (QED) is 0.731. The van der Waals surface area contributed by atoms with E-state index >= 15 is 0 Å². The van der Waals surface area contributed by atoms with Crippen LogP contribution in [0.25, 0.3) is 22.2 Å². The highest BCUT2D eigenvalue weighted by Gasteiger charge is 2.15. The molecule has 1 heterocycles. The van der Waals surface area contributed by atoms with Crippen molar-refractivity contribution in [3.63, 3.8) is 0 Å². The van der Waals surface area contributed by atoms with Crippen LogP contribution in [0.1, 0.15) is 16.8 Å². The molecule has 0 atom stereocenters. The van der Waals surface area contributed by atoms with Crippen LogP contribution in [0.4, 0.5) is 0 Å². The summed E-state index contributed by atoms with van der Waals surface area (Å²) in [5.41, 5.74) is 2.43. The molecule has 0 bridgehead atoms. The number of pyridine rings is 1. The first-order valence-corrected chi connectivity index (χ1v) is 8.09. The van der Waals surface area contributed by atoms with Gasteiger partial charge < -0.3 is 10.4 Å². The minimum absolute atomic E-state index is 0.0617. The summed E-state index contributed by atoms with van der Waals surface area (Å²) in [6.07, 6.45) is -0.133. The highest BCUT2D eigenvalue weighted by Crippen LogP contribution is 2.29. The lowest BCUT2D eigenvalue weighted by Crippen LogP contribution is -2.26. The number of hydrogen-bond donors (Lipinski definition) is 2. The number of fused-ring (bicyclic) bond motifs is 1. The van der Waals surface area contributed by atoms with Crippen molar-refractivity contribution in [2.24, 2.45) is 0 Å². The first-order valence-electron chi connectivity index (χ1n) is 7.71. The van der Waals surface area contributed by atoms with E-state index in [1.54, 1.807) is 12.1 Å². The van der Waals surface area contributed by atoms with E-state index in [1.807, 2.05) is 42.5 Å². The average molecular weight is 355 g/mol. The number of aromatic nitrogens is 1. The molecule has 0 aliphatic heterocycles. The normalized spacial score (nSPS) is 10.6. The lowest BCUT2D eigenvalue weighted by Gasteiger charge is -2.11. The molecule has 25 heavy (non-hydrogen) atoms. The molecular weight excluding hydrogens is 340 g/mol. The second-order valence-electron chi connectivity index (χ2n) is 5.45. The van der Waals surface area contributed by atoms with E-state index < -0.39 is 5.97 Å². The standard InChI is InChI=1S/C19H15ClN2O3/c20-15-7-3-1-6-13(15)17-11-14(19(25)21-10-9-18(23)24)12-5-2-4-8-16(12)22-17/h1-8,11H,9-10H2,(H,21,25)(H,23,24). The van der Waals surface area contributed by atoms with E-state index in [-0.39, 0.29) is 18.9 Å². The largest absolute Gasteiger partial charge is 0.481 e. The number of benzene rings is 2. The van der Waals surface area contributed by atoms with Crippen LogP contribution in [0.3, 0.4) is 0 Å². The van der Waals surface area contributed by atoms with Crippen molar-refractivity contribution < 1.29 is 14.7 Å². The first kappa shape index (κ1) is 16.9. The van der Waals surface area contributed by atoms with Crippen molar-refractivity contribution >= 4 is 34.4 Å². The second-order valence-corrected chi connectivity index (χ2v) is 5.86. The van der Waals surface area contributed by atoms with Gasteiger partial charge in [0.15, 0.2) is 0 Å². The molecule has 0 fully saturated rings. The molecule has 0 unspecified atom stereocenters. The van der Waals surface area contributed by atoms with Gasteiger partial charge in [0, 0.05) is 22.5 Å². The van der Waals surface area contributed by atoms with Crippen LogP contribution in [0, 0.1) is 0 Å². The van der Waals surface area contributed by atoms with Crippen molar-refractivity contribution in [2.45, 2.75) is 6.42 Å². The molecule has 1 aromatic heterocycles. The maximum atomic E-state index is 12.5. The Bertz CT molecular complexity index is 956. The van der Waals surface area contributed by atoms with Gasteiger partial charge in [0.25, 0.3) is 5.91 Å². The number of halogens is 1. The summed E-state index contributed by atoms with van der Waals surface area (Å²) in [5, 5.41) is 12.6. The van der Waals surface area contributed by atoms with Gasteiger partial charge in [-0.15, -0.1) is 0 Å². The van der Waals surface area contributed by atoms with E-state index in [4.69, 9.17) is 16.7 Å². The fourth-order valence-electron chi connectivity index (χ4n) is 2.55. The number of para-hydroxylation sites is 1. The highest BCUT2D eigenvalue weighted by molar-refractivity contribution is 6.33. The minimum Gasteiger partial charge on any atom is -0.481 e. The Labute approximate surface area is 149 Å². The second kappa shape index (κ2) is 7.32. The molecule has 0 saturated heterocycles. The molecule has 2 aromatic carbocycles. The average Bonchev–Trinajstić information content (AvgIpc) is 2.60. The van der Waals surface area contributed by atoms with Crippen LogP contribution >= 0.6 is 11.6 Å². The van der Waals surface area contributed by atoms with Gasteiger partial charge in [-0.05, 0) is 18.2 Å². The summed E-state index contributed by atoms with van der Waals surface area (Å²) >= 11 is 6.25. The Balaban J connectivity index is 2.06. The predicted octanol–water partition coefficient (Wildman–Crippen LogP) is 3.76. The molecule has 0 radical (unpaired) electrons. The SMILES string of the molecule is O=C(O)CCNC(=O)c1cc(-c2ccccc2Cl)nc2ccccc12. The number of nitrogens with zero attached hydrogens (tertiary/aromatic N) is 1. The third kappa shape index (κ3) is 3.78. The number of carboxylic acids is 1. The summed E-state index contributed by atoms with van der Waals surface area (Å²) in [6, 6.07) is 16.3. The zero-order chi connectivity index (χ0) is 17.8. The fourth-order valence-corrected chi connectivity index (χ4v) is 2.78. The number of carboxylic acid groups (broad SMARTS) is 1. The van der Waals surface area contributed by atoms with Crippen molar-refractivity contribution in [1.82, 2.24) is 10.3 Å². The lowest BCUT2D eigenvalue weighted by molar-refractivity contribution is -0.136. The summed E-state index contributed by atoms with van der Waals surface area (Å²) in [6.45, 7) is 0.0617. The smallest absolute Gasteiger partial charge is 0.305 e. The van der Waals surface area contributed by atoms with Gasteiger partial charge in [-0.25, -0.2) is 4.98 Å². The van der Waals surface area contributed by atoms with E-state index in [0.717, 1.165) is 5.56 Å². The number of nitrogens with one attached hydrogen (secondary N) is 1. The summed E-state index contributed by atoms with van der Waals surface area (Å²) in [5.74, 6) is -1.30. The van der Waals surface area contributed by atoms with Crippen LogP contribution in [0.2, 0.25) is 5.02 Å². The molecule has 0 aliphatic carbocycles. The third-order valence-electron chi connectivity index (χ3n) is 3.74. The fraction of sp³-hybridized carbons (Fsp3) is 0.105. The van der Waals surface area contributed by atoms with Gasteiger partial charge >= 0.3 is 5.97 Å². The van der Waals surface area contributed by atoms with Gasteiger partial charge in [0.1, 0.15) is 0 Å². The maximum absolute atomic E-state index is 12.5. The van der Waals surface area contributed by atoms with Crippen LogP contribution in [0.15, 0.2) is 54.6 Å². The van der Waals surface area contributed by atoms with E-state index in [0.29, 0.717) is 27.2 Å². The molecule has 126 valence electrons.